The summed E-state index contributed by atoms with van der Waals surface area (Å²) < 4.78 is 33.9. The van der Waals surface area contributed by atoms with Crippen LogP contribution in [0.2, 0.25) is 0 Å². The summed E-state index contributed by atoms with van der Waals surface area (Å²) in [4.78, 5) is 0. The molecule has 10 atom stereocenters. The zero-order valence-electron chi connectivity index (χ0n) is 23.1. The highest BCUT2D eigenvalue weighted by Crippen LogP contribution is 2.43. The lowest BCUT2D eigenvalue weighted by atomic mass is 9.99. The number of aliphatic hydroxyl groups excluding tert-OH is 8. The number of methoxy groups -OCH3 is 1. The first-order valence-corrected chi connectivity index (χ1v) is 13.4. The van der Waals surface area contributed by atoms with Crippen LogP contribution in [0.3, 0.4) is 0 Å². The fourth-order valence-corrected chi connectivity index (χ4v) is 4.96. The maximum absolute atomic E-state index is 10.6. The van der Waals surface area contributed by atoms with Crippen LogP contribution in [0.1, 0.15) is 0 Å². The van der Waals surface area contributed by atoms with Gasteiger partial charge in [-0.25, -0.2) is 4.42 Å². The van der Waals surface area contributed by atoms with Crippen LogP contribution >= 0.6 is 0 Å². The lowest BCUT2D eigenvalue weighted by molar-refractivity contribution is -0.277. The SMILES string of the molecule is COc1cc(-c2[o+]c3cc(O)cc(O[C@@H]4O[C@H](CO)[C@@H](O)[C@H](O)[C@H]4O)c3cc2O[C@@H]2O[C@H](CO)[C@H](O)[C@H](O)[C@H]2O)ccc1O. The van der Waals surface area contributed by atoms with Crippen molar-refractivity contribution in [3.63, 3.8) is 0 Å². The van der Waals surface area contributed by atoms with E-state index in [1.165, 1.54) is 37.4 Å². The van der Waals surface area contributed by atoms with Gasteiger partial charge in [-0.05, 0) is 12.1 Å². The standard InChI is InChI=1S/C28H32O16/c1-39-16-4-10(2-3-13(16)32)26-17(42-28-25(38)23(36)21(34)19(9-30)44-28)7-12-14(40-26)5-11(31)6-15(12)41-27-24(37)22(35)20(33)18(8-29)43-27/h2-7,18-25,27-30,33-38H,8-9H2,1H3,(H-,31,32)/p+1/t18-,19-,20-,21+,22+,23+,24-,25-,27-,28-/m1/s1. The third-order valence-electron chi connectivity index (χ3n) is 7.43. The van der Waals surface area contributed by atoms with E-state index in [1.807, 2.05) is 0 Å². The van der Waals surface area contributed by atoms with E-state index in [1.54, 1.807) is 0 Å². The number of ether oxygens (including phenoxy) is 5. The van der Waals surface area contributed by atoms with Gasteiger partial charge in [0, 0.05) is 18.2 Å². The molecule has 2 fully saturated rings. The molecule has 2 aliphatic rings. The molecule has 0 saturated carbocycles. The molecule has 1 aromatic heterocycles. The van der Waals surface area contributed by atoms with Crippen LogP contribution in [0.5, 0.6) is 28.7 Å². The van der Waals surface area contributed by atoms with Crippen molar-refractivity contribution >= 4 is 11.0 Å². The molecule has 0 unspecified atom stereocenters. The quantitative estimate of drug-likeness (QED) is 0.123. The molecule has 0 bridgehead atoms. The molecule has 2 aliphatic heterocycles. The fraction of sp³-hybridized carbons (Fsp3) is 0.464. The second kappa shape index (κ2) is 12.8. The van der Waals surface area contributed by atoms with Crippen LogP contribution in [-0.4, -0.2) is 133 Å². The Balaban J connectivity index is 1.62. The Hall–Kier alpha value is -3.55. The van der Waals surface area contributed by atoms with Gasteiger partial charge in [0.1, 0.15) is 65.7 Å². The van der Waals surface area contributed by atoms with Gasteiger partial charge in [0.15, 0.2) is 11.5 Å². The predicted molar refractivity (Wildman–Crippen MR) is 145 cm³/mol. The van der Waals surface area contributed by atoms with Crippen molar-refractivity contribution < 1.29 is 79.2 Å². The zero-order chi connectivity index (χ0) is 31.9. The minimum Gasteiger partial charge on any atom is -0.507 e. The van der Waals surface area contributed by atoms with E-state index in [0.29, 0.717) is 0 Å². The maximum atomic E-state index is 10.6. The summed E-state index contributed by atoms with van der Waals surface area (Å²) in [6, 6.07) is 7.81. The van der Waals surface area contributed by atoms with Crippen molar-refractivity contribution in [3.8, 4) is 40.1 Å². The molecule has 10 N–H and O–H groups in total. The van der Waals surface area contributed by atoms with E-state index in [0.717, 1.165) is 6.07 Å². The Morgan fingerprint density at radius 3 is 1.80 bits per heavy atom. The van der Waals surface area contributed by atoms with Gasteiger partial charge in [-0.1, -0.05) is 0 Å². The molecule has 0 radical (unpaired) electrons. The van der Waals surface area contributed by atoms with E-state index in [4.69, 9.17) is 28.1 Å². The van der Waals surface area contributed by atoms with E-state index in [9.17, 15) is 51.1 Å². The topological polar surface area (TPSA) is 260 Å². The van der Waals surface area contributed by atoms with Gasteiger partial charge in [0.05, 0.1) is 32.0 Å². The average molecular weight is 626 g/mol. The number of phenols is 2. The summed E-state index contributed by atoms with van der Waals surface area (Å²) in [7, 11) is 1.32. The highest BCUT2D eigenvalue weighted by Gasteiger charge is 2.47. The van der Waals surface area contributed by atoms with Crippen LogP contribution in [0.25, 0.3) is 22.3 Å². The van der Waals surface area contributed by atoms with Crippen LogP contribution in [0.15, 0.2) is 40.8 Å². The molecule has 16 heteroatoms. The van der Waals surface area contributed by atoms with Crippen LogP contribution < -0.4 is 14.2 Å². The molecule has 44 heavy (non-hydrogen) atoms. The molecule has 16 nitrogen and oxygen atoms in total. The lowest BCUT2D eigenvalue weighted by Crippen LogP contribution is -2.60. The number of hydrogen-bond donors (Lipinski definition) is 10. The third kappa shape index (κ3) is 5.92. The number of hydrogen-bond acceptors (Lipinski definition) is 15. The summed E-state index contributed by atoms with van der Waals surface area (Å²) >= 11 is 0. The first-order valence-electron chi connectivity index (χ1n) is 13.4. The van der Waals surface area contributed by atoms with Gasteiger partial charge in [0.2, 0.25) is 18.3 Å². The first-order chi connectivity index (χ1) is 21.0. The number of fused-ring (bicyclic) bond motifs is 1. The number of phenolic OH excluding ortho intramolecular Hbond substituents is 2. The number of benzene rings is 2. The van der Waals surface area contributed by atoms with Crippen molar-refractivity contribution in [1.82, 2.24) is 0 Å². The Bertz CT molecular complexity index is 1460. The maximum Gasteiger partial charge on any atom is 0.402 e. The number of aromatic hydroxyl groups is 2. The second-order valence-corrected chi connectivity index (χ2v) is 10.3. The van der Waals surface area contributed by atoms with Gasteiger partial charge in [0.25, 0.3) is 0 Å². The summed E-state index contributed by atoms with van der Waals surface area (Å²) in [5.74, 6) is -0.907. The number of rotatable bonds is 8. The van der Waals surface area contributed by atoms with E-state index in [2.05, 4.69) is 0 Å². The summed E-state index contributed by atoms with van der Waals surface area (Å²) in [5, 5.41) is 102. The van der Waals surface area contributed by atoms with Crippen molar-refractivity contribution in [2.75, 3.05) is 20.3 Å². The predicted octanol–water partition coefficient (Wildman–Crippen LogP) is -1.84. The smallest absolute Gasteiger partial charge is 0.402 e. The summed E-state index contributed by atoms with van der Waals surface area (Å²) in [5.41, 5.74) is 0.244. The Kier molecular flexibility index (Phi) is 9.28. The molecular weight excluding hydrogens is 592 g/mol. The highest BCUT2D eigenvalue weighted by atomic mass is 16.7. The molecule has 240 valence electrons. The minimum absolute atomic E-state index is 0.0206. The van der Waals surface area contributed by atoms with Gasteiger partial charge >= 0.3 is 11.3 Å². The molecule has 3 heterocycles. The molecule has 2 aromatic carbocycles. The first kappa shape index (κ1) is 31.9. The fourth-order valence-electron chi connectivity index (χ4n) is 4.96. The summed E-state index contributed by atoms with van der Waals surface area (Å²) in [6.45, 7) is -1.43. The van der Waals surface area contributed by atoms with Gasteiger partial charge in [-0.3, -0.25) is 0 Å². The molecule has 2 saturated heterocycles. The minimum atomic E-state index is -1.80. The van der Waals surface area contributed by atoms with Crippen molar-refractivity contribution in [2.24, 2.45) is 0 Å². The Morgan fingerprint density at radius 1 is 0.682 bits per heavy atom. The number of aliphatic hydroxyl groups is 8. The van der Waals surface area contributed by atoms with Crippen molar-refractivity contribution in [2.45, 2.75) is 61.4 Å². The monoisotopic (exact) mass is 625 g/mol. The van der Waals surface area contributed by atoms with E-state index < -0.39 is 74.6 Å². The second-order valence-electron chi connectivity index (χ2n) is 10.3. The molecule has 5 rings (SSSR count). The van der Waals surface area contributed by atoms with Crippen molar-refractivity contribution in [3.05, 3.63) is 36.4 Å². The Morgan fingerprint density at radius 2 is 1.25 bits per heavy atom. The van der Waals surface area contributed by atoms with E-state index >= 15 is 0 Å². The summed E-state index contributed by atoms with van der Waals surface area (Å²) in [6.07, 6.45) is -16.3. The molecule has 3 aromatic rings. The van der Waals surface area contributed by atoms with Crippen molar-refractivity contribution in [1.29, 1.82) is 0 Å². The average Bonchev–Trinajstić information content (AvgIpc) is 3.01. The zero-order valence-corrected chi connectivity index (χ0v) is 23.1. The third-order valence-corrected chi connectivity index (χ3v) is 7.43. The van der Waals surface area contributed by atoms with E-state index in [-0.39, 0.29) is 51.0 Å². The Labute approximate surface area is 248 Å². The van der Waals surface area contributed by atoms with Crippen LogP contribution in [-0.2, 0) is 9.47 Å². The highest BCUT2D eigenvalue weighted by molar-refractivity contribution is 5.89. The molecule has 0 aliphatic carbocycles. The van der Waals surface area contributed by atoms with Crippen LogP contribution in [0, 0.1) is 0 Å². The molecular formula is C28H33O16+. The van der Waals surface area contributed by atoms with Gasteiger partial charge < -0.3 is 74.7 Å². The van der Waals surface area contributed by atoms with Crippen LogP contribution in [0.4, 0.5) is 0 Å². The normalized spacial score (nSPS) is 32.4. The van der Waals surface area contributed by atoms with Gasteiger partial charge in [-0.2, -0.15) is 0 Å². The van der Waals surface area contributed by atoms with Gasteiger partial charge in [-0.15, -0.1) is 0 Å². The largest absolute Gasteiger partial charge is 0.507 e. The lowest BCUT2D eigenvalue weighted by Gasteiger charge is -2.39. The molecule has 0 amide bonds. The molecule has 0 spiro atoms.